The van der Waals surface area contributed by atoms with Crippen molar-refractivity contribution < 1.29 is 4.79 Å². The minimum Gasteiger partial charge on any atom is -0.370 e. The molecule has 0 spiro atoms. The number of nitrogens with one attached hydrogen (secondary N) is 1. The van der Waals surface area contributed by atoms with Gasteiger partial charge in [0, 0.05) is 25.2 Å². The monoisotopic (exact) mass is 418 g/mol. The van der Waals surface area contributed by atoms with Crippen LogP contribution in [0.1, 0.15) is 39.2 Å². The number of hydrogen-bond acceptors (Lipinski definition) is 2. The van der Waals surface area contributed by atoms with Gasteiger partial charge in [-0.25, -0.2) is 4.99 Å². The molecule has 1 aromatic rings. The summed E-state index contributed by atoms with van der Waals surface area (Å²) < 4.78 is 0. The van der Waals surface area contributed by atoms with Gasteiger partial charge in [-0.3, -0.25) is 4.79 Å². The molecule has 0 bridgehead atoms. The number of amides is 1. The predicted octanol–water partition coefficient (Wildman–Crippen LogP) is 3.20. The van der Waals surface area contributed by atoms with Gasteiger partial charge in [0.25, 0.3) is 0 Å². The Morgan fingerprint density at radius 3 is 2.55 bits per heavy atom. The Balaban J connectivity index is 0.00000441. The first kappa shape index (κ1) is 20.7. The van der Waals surface area contributed by atoms with Crippen molar-refractivity contribution in [1.29, 1.82) is 0 Å². The molecule has 1 amide bonds. The van der Waals surface area contributed by atoms with Gasteiger partial charge in [-0.15, -0.1) is 24.0 Å². The number of halogens is 1. The second kappa shape index (κ2) is 11.3. The Bertz CT molecular complexity index is 487. The fraction of sp³-hybridized carbons (Fsp3) is 0.500. The molecular formula is C16H27IN4O. The largest absolute Gasteiger partial charge is 0.370 e. The molecule has 0 saturated heterocycles. The number of carbonyl (C=O) groups is 1. The van der Waals surface area contributed by atoms with Gasteiger partial charge >= 0.3 is 0 Å². The molecular weight excluding hydrogens is 391 g/mol. The fourth-order valence-corrected chi connectivity index (χ4v) is 2.02. The summed E-state index contributed by atoms with van der Waals surface area (Å²) in [6.07, 6.45) is 1.38. The van der Waals surface area contributed by atoms with E-state index < -0.39 is 0 Å². The Hall–Kier alpha value is -1.31. The molecule has 0 fully saturated rings. The highest BCUT2D eigenvalue weighted by molar-refractivity contribution is 14.0. The third kappa shape index (κ3) is 7.11. The average Bonchev–Trinajstić information content (AvgIpc) is 2.47. The van der Waals surface area contributed by atoms with Crippen LogP contribution in [0.15, 0.2) is 29.3 Å². The topological polar surface area (TPSA) is 70.7 Å². The lowest BCUT2D eigenvalue weighted by molar-refractivity contribution is -0.116. The van der Waals surface area contributed by atoms with E-state index in [0.29, 0.717) is 18.9 Å². The van der Waals surface area contributed by atoms with Crippen LogP contribution < -0.4 is 11.1 Å². The molecule has 1 rings (SSSR count). The number of guanidine groups is 1. The molecule has 6 heteroatoms. The van der Waals surface area contributed by atoms with Crippen molar-refractivity contribution in [2.24, 2.45) is 10.7 Å². The van der Waals surface area contributed by atoms with Crippen molar-refractivity contribution in [3.05, 3.63) is 29.8 Å². The molecule has 0 heterocycles. The molecule has 0 aliphatic carbocycles. The second-order valence-corrected chi connectivity index (χ2v) is 4.85. The van der Waals surface area contributed by atoms with Gasteiger partial charge in [0.15, 0.2) is 5.96 Å². The Morgan fingerprint density at radius 1 is 1.27 bits per heavy atom. The first-order chi connectivity index (χ1) is 10.1. The molecule has 0 unspecified atom stereocenters. The maximum Gasteiger partial charge on any atom is 0.224 e. The van der Waals surface area contributed by atoms with E-state index in [9.17, 15) is 4.79 Å². The molecule has 3 N–H and O–H groups in total. The molecule has 0 radical (unpaired) electrons. The van der Waals surface area contributed by atoms with Gasteiger partial charge in [0.05, 0.1) is 6.54 Å². The predicted molar refractivity (Wildman–Crippen MR) is 104 cm³/mol. The zero-order valence-electron chi connectivity index (χ0n) is 13.6. The van der Waals surface area contributed by atoms with E-state index in [2.05, 4.69) is 24.2 Å². The lowest BCUT2D eigenvalue weighted by Gasteiger charge is -2.19. The van der Waals surface area contributed by atoms with Crippen LogP contribution in [-0.4, -0.2) is 29.9 Å². The van der Waals surface area contributed by atoms with Crippen molar-refractivity contribution in [3.63, 3.8) is 0 Å². The normalized spacial score (nSPS) is 10.8. The van der Waals surface area contributed by atoms with Crippen LogP contribution in [0.25, 0.3) is 0 Å². The number of carbonyl (C=O) groups excluding carboxylic acids is 1. The number of hydrogen-bond donors (Lipinski definition) is 2. The summed E-state index contributed by atoms with van der Waals surface area (Å²) in [5.41, 5.74) is 7.79. The lowest BCUT2D eigenvalue weighted by atomic mass is 10.2. The van der Waals surface area contributed by atoms with Crippen molar-refractivity contribution in [2.45, 2.75) is 40.2 Å². The Kier molecular flexibility index (Phi) is 10.6. The van der Waals surface area contributed by atoms with Crippen LogP contribution in [0.5, 0.6) is 0 Å². The van der Waals surface area contributed by atoms with E-state index in [1.54, 1.807) is 0 Å². The number of nitrogens with two attached hydrogens (primary N) is 1. The van der Waals surface area contributed by atoms with E-state index >= 15 is 0 Å². The molecule has 0 aliphatic heterocycles. The molecule has 0 saturated carbocycles. The highest BCUT2D eigenvalue weighted by Crippen LogP contribution is 2.12. The van der Waals surface area contributed by atoms with Crippen molar-refractivity contribution in [1.82, 2.24) is 4.90 Å². The molecule has 5 nitrogen and oxygen atoms in total. The third-order valence-corrected chi connectivity index (χ3v) is 3.20. The van der Waals surface area contributed by atoms with Crippen LogP contribution in [0, 0.1) is 0 Å². The van der Waals surface area contributed by atoms with E-state index in [1.807, 2.05) is 36.1 Å². The number of benzene rings is 1. The summed E-state index contributed by atoms with van der Waals surface area (Å²) in [7, 11) is 0. The Labute approximate surface area is 150 Å². The van der Waals surface area contributed by atoms with Crippen molar-refractivity contribution in [2.75, 3.05) is 18.4 Å². The maximum atomic E-state index is 11.6. The van der Waals surface area contributed by atoms with Gasteiger partial charge in [0.1, 0.15) is 0 Å². The number of anilines is 1. The van der Waals surface area contributed by atoms with Crippen molar-refractivity contribution in [3.8, 4) is 0 Å². The summed E-state index contributed by atoms with van der Waals surface area (Å²) in [5.74, 6) is 0.598. The van der Waals surface area contributed by atoms with Crippen LogP contribution in [0.2, 0.25) is 0 Å². The first-order valence-electron chi connectivity index (χ1n) is 7.54. The zero-order valence-corrected chi connectivity index (χ0v) is 16.0. The van der Waals surface area contributed by atoms with Crippen LogP contribution in [-0.2, 0) is 11.3 Å². The van der Waals surface area contributed by atoms with E-state index in [1.165, 1.54) is 0 Å². The quantitative estimate of drug-likeness (QED) is 0.406. The fourth-order valence-electron chi connectivity index (χ4n) is 2.02. The van der Waals surface area contributed by atoms with Crippen LogP contribution in [0.3, 0.4) is 0 Å². The summed E-state index contributed by atoms with van der Waals surface area (Å²) in [5, 5.41) is 2.89. The highest BCUT2D eigenvalue weighted by Gasteiger charge is 2.03. The summed E-state index contributed by atoms with van der Waals surface area (Å²) in [6, 6.07) is 7.72. The van der Waals surface area contributed by atoms with Crippen LogP contribution in [0.4, 0.5) is 5.69 Å². The van der Waals surface area contributed by atoms with Crippen molar-refractivity contribution >= 4 is 41.5 Å². The van der Waals surface area contributed by atoms with E-state index in [-0.39, 0.29) is 29.9 Å². The summed E-state index contributed by atoms with van der Waals surface area (Å²) in [6.45, 7) is 8.30. The van der Waals surface area contributed by atoms with E-state index in [4.69, 9.17) is 5.73 Å². The van der Waals surface area contributed by atoms with Gasteiger partial charge in [-0.2, -0.15) is 0 Å². The second-order valence-electron chi connectivity index (χ2n) is 4.85. The molecule has 22 heavy (non-hydrogen) atoms. The smallest absolute Gasteiger partial charge is 0.224 e. The maximum absolute atomic E-state index is 11.6. The average molecular weight is 418 g/mol. The zero-order chi connectivity index (χ0) is 15.7. The number of aliphatic imine (C=N–C) groups is 1. The standard InChI is InChI=1S/C16H26N4O.HI/c1-4-8-15(21)19-14-10-7-9-13(11-14)12-18-16(17)20(5-2)6-3;/h7,9-11H,4-6,8,12H2,1-3H3,(H2,17,18)(H,19,21);1H. The molecule has 124 valence electrons. The van der Waals surface area contributed by atoms with Crippen LogP contribution >= 0.6 is 24.0 Å². The third-order valence-electron chi connectivity index (χ3n) is 3.20. The summed E-state index contributed by atoms with van der Waals surface area (Å²) >= 11 is 0. The van der Waals surface area contributed by atoms with E-state index in [0.717, 1.165) is 30.8 Å². The first-order valence-corrected chi connectivity index (χ1v) is 7.54. The lowest BCUT2D eigenvalue weighted by Crippen LogP contribution is -2.37. The van der Waals surface area contributed by atoms with Gasteiger partial charge in [-0.1, -0.05) is 19.1 Å². The highest BCUT2D eigenvalue weighted by atomic mass is 127. The number of rotatable bonds is 7. The minimum atomic E-state index is 0. The molecule has 0 aromatic heterocycles. The Morgan fingerprint density at radius 2 is 1.95 bits per heavy atom. The molecule has 0 atom stereocenters. The number of nitrogens with zero attached hydrogens (tertiary/aromatic N) is 2. The van der Waals surface area contributed by atoms with Gasteiger partial charge in [0.2, 0.25) is 5.91 Å². The molecule has 0 aliphatic rings. The summed E-state index contributed by atoms with van der Waals surface area (Å²) in [4.78, 5) is 18.0. The van der Waals surface area contributed by atoms with Gasteiger partial charge < -0.3 is 16.0 Å². The molecule has 1 aromatic carbocycles. The SMILES string of the molecule is CCCC(=O)Nc1cccc(CN=C(N)N(CC)CC)c1.I. The van der Waals surface area contributed by atoms with Gasteiger partial charge in [-0.05, 0) is 38.0 Å². The minimum absolute atomic E-state index is 0.